The van der Waals surface area contributed by atoms with Crippen LogP contribution in [0.25, 0.3) is 11.2 Å². The van der Waals surface area contributed by atoms with Crippen LogP contribution in [0.5, 0.6) is 0 Å². The Balaban J connectivity index is 0.00000112. The van der Waals surface area contributed by atoms with E-state index in [-0.39, 0.29) is 37.4 Å². The fourth-order valence-electron chi connectivity index (χ4n) is 1.03. The molecule has 1 aromatic heterocycles. The Bertz CT molecular complexity index is 641. The monoisotopic (exact) mass is 325 g/mol. The molecule has 6 nitrogen and oxygen atoms in total. The molecular formula is C6H4O6PSZr+. The number of para-hydroxylation sites is 1. The van der Waals surface area contributed by atoms with Crippen LogP contribution in [0.4, 0.5) is 0 Å². The number of hydrogen-bond donors (Lipinski definition) is 1. The summed E-state index contributed by atoms with van der Waals surface area (Å²) in [6, 6.07) is 3.87. The van der Waals surface area contributed by atoms with Crippen LogP contribution in [-0.2, 0) is 40.9 Å². The summed E-state index contributed by atoms with van der Waals surface area (Å²) in [5, 5.41) is 0. The van der Waals surface area contributed by atoms with Gasteiger partial charge in [-0.3, -0.25) is 4.55 Å². The molecule has 1 atom stereocenters. The fourth-order valence-corrected chi connectivity index (χ4v) is 2.40. The molecule has 0 bridgehead atoms. The number of rotatable bonds is 1. The molecule has 0 aliphatic rings. The molecular weight excluding hydrogens is 322 g/mol. The molecule has 0 saturated heterocycles. The SMILES string of the molecule is O=[p+]1oc2cccc(S(=O)(=O)O)c2o1.[Zr]. The molecule has 0 saturated carbocycles. The van der Waals surface area contributed by atoms with Crippen molar-refractivity contribution in [3.05, 3.63) is 18.2 Å². The minimum atomic E-state index is -4.39. The Hall–Kier alpha value is -0.287. The van der Waals surface area contributed by atoms with Gasteiger partial charge in [-0.25, -0.2) is 8.39 Å². The summed E-state index contributed by atoms with van der Waals surface area (Å²) in [4.78, 5) is -0.448. The van der Waals surface area contributed by atoms with E-state index in [1.165, 1.54) is 12.1 Å². The average Bonchev–Trinajstić information content (AvgIpc) is 2.41. The van der Waals surface area contributed by atoms with E-state index in [1.54, 1.807) is 0 Å². The van der Waals surface area contributed by atoms with E-state index in [2.05, 4.69) is 8.39 Å². The molecule has 0 aliphatic heterocycles. The Morgan fingerprint density at radius 3 is 2.53 bits per heavy atom. The van der Waals surface area contributed by atoms with Crippen LogP contribution in [0, 0.1) is 0 Å². The molecule has 2 aromatic rings. The maximum absolute atomic E-state index is 10.8. The Morgan fingerprint density at radius 1 is 1.27 bits per heavy atom. The van der Waals surface area contributed by atoms with E-state index in [0.717, 1.165) is 6.07 Å². The van der Waals surface area contributed by atoms with Gasteiger partial charge in [-0.15, -0.1) is 0 Å². The van der Waals surface area contributed by atoms with Gasteiger partial charge in [0.2, 0.25) is 5.58 Å². The molecule has 1 N–H and O–H groups in total. The summed E-state index contributed by atoms with van der Waals surface area (Å²) in [5.74, 6) is 0. The van der Waals surface area contributed by atoms with Gasteiger partial charge >= 0.3 is 7.89 Å². The molecule has 1 unspecified atom stereocenters. The average molecular weight is 326 g/mol. The van der Waals surface area contributed by atoms with Gasteiger partial charge in [-0.05, 0) is 12.1 Å². The van der Waals surface area contributed by atoms with Crippen LogP contribution in [0.15, 0.2) is 31.5 Å². The first kappa shape index (κ1) is 12.8. The largest absolute Gasteiger partial charge is 0.805 e. The Kier molecular flexibility index (Phi) is 3.66. The van der Waals surface area contributed by atoms with Crippen LogP contribution >= 0.6 is 7.89 Å². The maximum atomic E-state index is 10.8. The molecule has 1 aromatic carbocycles. The standard InChI is InChI=1S/C6H3O6PS.Zr/c7-13-11-4-2-1-3-5(6(4)12-13)14(8,9)10;/h1-3H;/p+1. The maximum Gasteiger partial charge on any atom is 0.805 e. The van der Waals surface area contributed by atoms with Gasteiger partial charge in [0.15, 0.2) is 0 Å². The Labute approximate surface area is 104 Å². The zero-order valence-electron chi connectivity index (χ0n) is 7.08. The molecule has 1 heterocycles. The van der Waals surface area contributed by atoms with Crippen molar-refractivity contribution in [2.24, 2.45) is 0 Å². The predicted molar refractivity (Wildman–Crippen MR) is 45.9 cm³/mol. The van der Waals surface area contributed by atoms with Crippen LogP contribution in [-0.4, -0.2) is 13.0 Å². The first-order valence-corrected chi connectivity index (χ1v) is 5.96. The zero-order valence-corrected chi connectivity index (χ0v) is 11.2. The van der Waals surface area contributed by atoms with Gasteiger partial charge < -0.3 is 0 Å². The van der Waals surface area contributed by atoms with Gasteiger partial charge in [0.25, 0.3) is 15.7 Å². The molecule has 2 rings (SSSR count). The van der Waals surface area contributed by atoms with Crippen molar-refractivity contribution >= 4 is 29.2 Å². The number of benzene rings is 1. The second-order valence-corrected chi connectivity index (χ2v) is 4.67. The third-order valence-electron chi connectivity index (χ3n) is 1.56. The third kappa shape index (κ3) is 2.45. The van der Waals surface area contributed by atoms with Crippen LogP contribution in [0.1, 0.15) is 0 Å². The van der Waals surface area contributed by atoms with Crippen molar-refractivity contribution in [3.8, 4) is 0 Å². The molecule has 9 heteroatoms. The van der Waals surface area contributed by atoms with Crippen molar-refractivity contribution in [2.75, 3.05) is 0 Å². The first-order chi connectivity index (χ1) is 6.48. The van der Waals surface area contributed by atoms with Gasteiger partial charge in [0, 0.05) is 30.8 Å². The fraction of sp³-hybridized carbons (Fsp3) is 0. The summed E-state index contributed by atoms with van der Waals surface area (Å²) in [6.07, 6.45) is 0. The van der Waals surface area contributed by atoms with E-state index >= 15 is 0 Å². The third-order valence-corrected chi connectivity index (χ3v) is 3.11. The smallest absolute Gasteiger partial charge is 0.282 e. The van der Waals surface area contributed by atoms with E-state index < -0.39 is 22.9 Å². The van der Waals surface area contributed by atoms with Crippen LogP contribution in [0.2, 0.25) is 0 Å². The first-order valence-electron chi connectivity index (χ1n) is 3.42. The summed E-state index contributed by atoms with van der Waals surface area (Å²) in [6.45, 7) is 0. The van der Waals surface area contributed by atoms with E-state index in [1.807, 2.05) is 0 Å². The van der Waals surface area contributed by atoms with E-state index in [4.69, 9.17) is 4.55 Å². The van der Waals surface area contributed by atoms with Gasteiger partial charge in [-0.1, -0.05) is 6.07 Å². The van der Waals surface area contributed by atoms with Crippen molar-refractivity contribution in [2.45, 2.75) is 4.90 Å². The van der Waals surface area contributed by atoms with E-state index in [0.29, 0.717) is 0 Å². The van der Waals surface area contributed by atoms with Gasteiger partial charge in [0.05, 0.1) is 0 Å². The normalized spacial score (nSPS) is 12.5. The predicted octanol–water partition coefficient (Wildman–Crippen LogP) is 2.01. The summed E-state index contributed by atoms with van der Waals surface area (Å²) < 4.78 is 50.5. The number of fused-ring (bicyclic) bond motifs is 1. The molecule has 0 aliphatic carbocycles. The van der Waals surface area contributed by atoms with Gasteiger partial charge in [-0.2, -0.15) is 8.42 Å². The van der Waals surface area contributed by atoms with Crippen LogP contribution < -0.4 is 0 Å². The van der Waals surface area contributed by atoms with Crippen molar-refractivity contribution < 1.29 is 52.1 Å². The number of hydrogen-bond acceptors (Lipinski definition) is 5. The van der Waals surface area contributed by atoms with Gasteiger partial charge in [0.1, 0.15) is 4.90 Å². The molecule has 0 amide bonds. The molecule has 15 heavy (non-hydrogen) atoms. The van der Waals surface area contributed by atoms with Crippen molar-refractivity contribution in [3.63, 3.8) is 0 Å². The molecule has 0 spiro atoms. The second-order valence-electron chi connectivity index (χ2n) is 2.46. The quantitative estimate of drug-likeness (QED) is 0.805. The summed E-state index contributed by atoms with van der Waals surface area (Å²) in [7, 11) is -6.77. The minimum Gasteiger partial charge on any atom is -0.282 e. The summed E-state index contributed by atoms with van der Waals surface area (Å²) >= 11 is 0. The second kappa shape index (κ2) is 4.30. The molecule has 0 radical (unpaired) electrons. The van der Waals surface area contributed by atoms with Crippen LogP contribution in [0.3, 0.4) is 0 Å². The van der Waals surface area contributed by atoms with Crippen molar-refractivity contribution in [1.29, 1.82) is 0 Å². The van der Waals surface area contributed by atoms with E-state index in [9.17, 15) is 13.0 Å². The van der Waals surface area contributed by atoms with Crippen molar-refractivity contribution in [1.82, 2.24) is 0 Å². The molecule has 78 valence electrons. The minimum absolute atomic E-state index is 0. The Morgan fingerprint density at radius 2 is 1.93 bits per heavy atom. The molecule has 0 fully saturated rings. The topological polar surface area (TPSA) is 97.7 Å². The zero-order chi connectivity index (χ0) is 10.3. The summed E-state index contributed by atoms with van der Waals surface area (Å²) in [5.41, 5.74) is -0.169.